The molecule has 8 nitrogen and oxygen atoms in total. The van der Waals surface area contributed by atoms with E-state index >= 15 is 0 Å². The molecule has 1 aromatic carbocycles. The van der Waals surface area contributed by atoms with Gasteiger partial charge in [-0.2, -0.15) is 5.26 Å². The average molecular weight is 442 g/mol. The first-order chi connectivity index (χ1) is 14.1. The van der Waals surface area contributed by atoms with Crippen LogP contribution in [0.2, 0.25) is 0 Å². The summed E-state index contributed by atoms with van der Waals surface area (Å²) in [5, 5.41) is 19.1. The van der Waals surface area contributed by atoms with Crippen molar-refractivity contribution in [3.63, 3.8) is 0 Å². The van der Waals surface area contributed by atoms with Crippen molar-refractivity contribution in [3.8, 4) is 11.8 Å². The summed E-state index contributed by atoms with van der Waals surface area (Å²) in [5.41, 5.74) is 4.58. The summed E-state index contributed by atoms with van der Waals surface area (Å²) in [6.45, 7) is 5.89. The molecule has 0 saturated heterocycles. The smallest absolute Gasteiger partial charge is 0.268 e. The number of sulfone groups is 1. The number of rotatable bonds is 5. The summed E-state index contributed by atoms with van der Waals surface area (Å²) in [6.07, 6.45) is 2.51. The van der Waals surface area contributed by atoms with Crippen LogP contribution in [0.3, 0.4) is 0 Å². The van der Waals surface area contributed by atoms with Gasteiger partial charge in [0.2, 0.25) is 19.3 Å². The van der Waals surface area contributed by atoms with Crippen molar-refractivity contribution in [3.05, 3.63) is 58.4 Å². The van der Waals surface area contributed by atoms with Crippen LogP contribution in [-0.2, 0) is 14.6 Å². The standard InChI is InChI=1S/C20H19N5O3S2/c1-12-7-5-6-8-17(12)25-13(2)9-15(14(25)3)10-16(11-21)18(26)22-19-23-24-20(29-19)30(4,27)28/h5-10H,1-4H3,(H,22,23,26)/b16-10-. The summed E-state index contributed by atoms with van der Waals surface area (Å²) in [6, 6.07) is 11.7. The van der Waals surface area contributed by atoms with Gasteiger partial charge in [-0.1, -0.05) is 29.5 Å². The molecular weight excluding hydrogens is 422 g/mol. The summed E-state index contributed by atoms with van der Waals surface area (Å²) in [7, 11) is -3.52. The van der Waals surface area contributed by atoms with Crippen LogP contribution in [0.25, 0.3) is 11.8 Å². The molecule has 2 heterocycles. The molecular formula is C20H19N5O3S2. The number of nitriles is 1. The van der Waals surface area contributed by atoms with Gasteiger partial charge in [-0.05, 0) is 50.1 Å². The van der Waals surface area contributed by atoms with Gasteiger partial charge in [-0.15, -0.1) is 10.2 Å². The second-order valence-corrected chi connectivity index (χ2v) is 9.88. The molecule has 0 spiro atoms. The number of carbonyl (C=O) groups is 1. The molecule has 0 unspecified atom stereocenters. The summed E-state index contributed by atoms with van der Waals surface area (Å²) < 4.78 is 24.9. The first-order valence-corrected chi connectivity index (χ1v) is 11.5. The number of aryl methyl sites for hydroxylation is 2. The SMILES string of the molecule is Cc1ccccc1-n1c(C)cc(/C=C(/C#N)C(=O)Nc2nnc(S(C)(=O)=O)s2)c1C. The minimum Gasteiger partial charge on any atom is -0.318 e. The molecule has 1 N–H and O–H groups in total. The average Bonchev–Trinajstić information content (AvgIpc) is 3.25. The zero-order chi connectivity index (χ0) is 22.1. The van der Waals surface area contributed by atoms with Crippen molar-refractivity contribution in [2.75, 3.05) is 11.6 Å². The molecule has 0 saturated carbocycles. The van der Waals surface area contributed by atoms with Gasteiger partial charge < -0.3 is 4.57 Å². The van der Waals surface area contributed by atoms with E-state index in [4.69, 9.17) is 0 Å². The molecule has 0 fully saturated rings. The first kappa shape index (κ1) is 21.4. The van der Waals surface area contributed by atoms with E-state index in [1.165, 1.54) is 6.08 Å². The number of para-hydroxylation sites is 1. The van der Waals surface area contributed by atoms with E-state index in [0.717, 1.165) is 45.8 Å². The third-order valence-electron chi connectivity index (χ3n) is 4.44. The number of anilines is 1. The zero-order valence-corrected chi connectivity index (χ0v) is 18.4. The van der Waals surface area contributed by atoms with Crippen LogP contribution in [0, 0.1) is 32.1 Å². The maximum Gasteiger partial charge on any atom is 0.268 e. The van der Waals surface area contributed by atoms with Gasteiger partial charge in [0.1, 0.15) is 11.6 Å². The number of carbonyl (C=O) groups excluding carboxylic acids is 1. The Morgan fingerprint density at radius 1 is 1.23 bits per heavy atom. The number of benzene rings is 1. The number of nitrogens with zero attached hydrogens (tertiary/aromatic N) is 4. The molecule has 3 rings (SSSR count). The first-order valence-electron chi connectivity index (χ1n) is 8.83. The van der Waals surface area contributed by atoms with Gasteiger partial charge in [0.15, 0.2) is 0 Å². The van der Waals surface area contributed by atoms with Crippen LogP contribution < -0.4 is 5.32 Å². The maximum absolute atomic E-state index is 12.5. The largest absolute Gasteiger partial charge is 0.318 e. The Morgan fingerprint density at radius 2 is 1.93 bits per heavy atom. The van der Waals surface area contributed by atoms with Gasteiger partial charge in [0.25, 0.3) is 5.91 Å². The highest BCUT2D eigenvalue weighted by atomic mass is 32.2. The van der Waals surface area contributed by atoms with Crippen molar-refractivity contribution < 1.29 is 13.2 Å². The van der Waals surface area contributed by atoms with E-state index in [1.54, 1.807) is 0 Å². The number of amides is 1. The van der Waals surface area contributed by atoms with Crippen LogP contribution in [0.15, 0.2) is 40.2 Å². The number of aromatic nitrogens is 3. The fourth-order valence-electron chi connectivity index (χ4n) is 3.00. The molecule has 0 radical (unpaired) electrons. The zero-order valence-electron chi connectivity index (χ0n) is 16.8. The minimum absolute atomic E-state index is 0.00644. The van der Waals surface area contributed by atoms with Crippen molar-refractivity contribution in [1.29, 1.82) is 5.26 Å². The van der Waals surface area contributed by atoms with Crippen molar-refractivity contribution >= 4 is 38.3 Å². The van der Waals surface area contributed by atoms with E-state index in [-0.39, 0.29) is 15.0 Å². The predicted molar refractivity (Wildman–Crippen MR) is 115 cm³/mol. The van der Waals surface area contributed by atoms with Crippen molar-refractivity contribution in [2.45, 2.75) is 25.1 Å². The summed E-state index contributed by atoms with van der Waals surface area (Å²) in [5.74, 6) is -0.686. The Hall–Kier alpha value is -3.29. The lowest BCUT2D eigenvalue weighted by Gasteiger charge is -2.12. The van der Waals surface area contributed by atoms with Gasteiger partial charge in [-0.3, -0.25) is 10.1 Å². The number of hydrogen-bond donors (Lipinski definition) is 1. The van der Waals surface area contributed by atoms with Crippen LogP contribution >= 0.6 is 11.3 Å². The number of hydrogen-bond acceptors (Lipinski definition) is 7. The van der Waals surface area contributed by atoms with Crippen molar-refractivity contribution in [1.82, 2.24) is 14.8 Å². The normalized spacial score (nSPS) is 11.9. The van der Waals surface area contributed by atoms with E-state index in [2.05, 4.69) is 20.1 Å². The monoisotopic (exact) mass is 441 g/mol. The fraction of sp³-hybridized carbons (Fsp3) is 0.200. The Morgan fingerprint density at radius 3 is 2.53 bits per heavy atom. The topological polar surface area (TPSA) is 118 Å². The molecule has 10 heteroatoms. The van der Waals surface area contributed by atoms with Crippen LogP contribution in [0.1, 0.15) is 22.5 Å². The highest BCUT2D eigenvalue weighted by Crippen LogP contribution is 2.25. The van der Waals surface area contributed by atoms with Crippen LogP contribution in [0.4, 0.5) is 5.13 Å². The fourth-order valence-corrected chi connectivity index (χ4v) is 4.50. The lowest BCUT2D eigenvalue weighted by molar-refractivity contribution is -0.112. The molecule has 154 valence electrons. The molecule has 1 amide bonds. The molecule has 0 atom stereocenters. The molecule has 3 aromatic rings. The molecule has 2 aromatic heterocycles. The summed E-state index contributed by atoms with van der Waals surface area (Å²) in [4.78, 5) is 12.5. The Bertz CT molecular complexity index is 1310. The summed E-state index contributed by atoms with van der Waals surface area (Å²) >= 11 is 0.728. The molecule has 0 aliphatic carbocycles. The van der Waals surface area contributed by atoms with E-state index < -0.39 is 15.7 Å². The lowest BCUT2D eigenvalue weighted by atomic mass is 10.1. The maximum atomic E-state index is 12.5. The predicted octanol–water partition coefficient (Wildman–Crippen LogP) is 3.20. The van der Waals surface area contributed by atoms with E-state index in [1.807, 2.05) is 57.2 Å². The van der Waals surface area contributed by atoms with Crippen LogP contribution in [0.5, 0.6) is 0 Å². The Kier molecular flexibility index (Phi) is 5.87. The molecule has 0 aliphatic heterocycles. The quantitative estimate of drug-likeness (QED) is 0.369. The van der Waals surface area contributed by atoms with Gasteiger partial charge in [-0.25, -0.2) is 8.42 Å². The van der Waals surface area contributed by atoms with E-state index in [0.29, 0.717) is 0 Å². The van der Waals surface area contributed by atoms with Gasteiger partial charge in [0, 0.05) is 23.3 Å². The van der Waals surface area contributed by atoms with Gasteiger partial charge in [0.05, 0.1) is 0 Å². The second-order valence-electron chi connectivity index (χ2n) is 6.72. The Balaban J connectivity index is 1.92. The lowest BCUT2D eigenvalue weighted by Crippen LogP contribution is -2.13. The minimum atomic E-state index is -3.52. The third-order valence-corrected chi connectivity index (χ3v) is 6.94. The molecule has 0 bridgehead atoms. The molecule has 0 aliphatic rings. The van der Waals surface area contributed by atoms with E-state index in [9.17, 15) is 18.5 Å². The molecule has 30 heavy (non-hydrogen) atoms. The van der Waals surface area contributed by atoms with Crippen LogP contribution in [-0.4, -0.2) is 35.3 Å². The third kappa shape index (κ3) is 4.32. The Labute approximate surface area is 178 Å². The highest BCUT2D eigenvalue weighted by molar-refractivity contribution is 7.92. The highest BCUT2D eigenvalue weighted by Gasteiger charge is 2.18. The van der Waals surface area contributed by atoms with Gasteiger partial charge >= 0.3 is 0 Å². The second kappa shape index (κ2) is 8.22. The number of nitrogens with one attached hydrogen (secondary N) is 1. The van der Waals surface area contributed by atoms with Crippen molar-refractivity contribution in [2.24, 2.45) is 0 Å².